The van der Waals surface area contributed by atoms with Gasteiger partial charge in [-0.2, -0.15) is 5.10 Å². The third-order valence-electron chi connectivity index (χ3n) is 5.21. The van der Waals surface area contributed by atoms with Crippen LogP contribution in [0.4, 0.5) is 0 Å². The molecule has 0 atom stereocenters. The second kappa shape index (κ2) is 8.67. The highest BCUT2D eigenvalue weighted by atomic mass is 32.1. The van der Waals surface area contributed by atoms with Crippen LogP contribution in [0.1, 0.15) is 21.0 Å². The summed E-state index contributed by atoms with van der Waals surface area (Å²) in [5.41, 5.74) is 2.54. The Morgan fingerprint density at radius 1 is 0.875 bits per heavy atom. The summed E-state index contributed by atoms with van der Waals surface area (Å²) in [6.07, 6.45) is 8.13. The van der Waals surface area contributed by atoms with Gasteiger partial charge in [0.25, 0.3) is 11.8 Å². The molecule has 0 radical (unpaired) electrons. The normalized spacial score (nSPS) is 13.9. The minimum Gasteiger partial charge on any atom is -0.334 e. The van der Waals surface area contributed by atoms with Crippen LogP contribution >= 0.6 is 11.3 Å². The van der Waals surface area contributed by atoms with Crippen molar-refractivity contribution in [3.8, 4) is 16.3 Å². The number of benzene rings is 1. The van der Waals surface area contributed by atoms with E-state index in [0.717, 1.165) is 16.3 Å². The summed E-state index contributed by atoms with van der Waals surface area (Å²) in [4.78, 5) is 41.4. The molecule has 0 aliphatic carbocycles. The summed E-state index contributed by atoms with van der Waals surface area (Å²) < 4.78 is 1.78. The first-order valence-electron chi connectivity index (χ1n) is 10.1. The summed E-state index contributed by atoms with van der Waals surface area (Å²) in [6, 6.07) is 9.82. The van der Waals surface area contributed by atoms with Gasteiger partial charge in [0.15, 0.2) is 0 Å². The lowest BCUT2D eigenvalue weighted by molar-refractivity contribution is 0.0529. The highest BCUT2D eigenvalue weighted by Gasteiger charge is 2.27. The van der Waals surface area contributed by atoms with Gasteiger partial charge < -0.3 is 9.80 Å². The number of carbonyl (C=O) groups excluding carboxylic acids is 2. The summed E-state index contributed by atoms with van der Waals surface area (Å²) >= 11 is 1.41. The van der Waals surface area contributed by atoms with Crippen molar-refractivity contribution < 1.29 is 9.59 Å². The number of amides is 2. The molecule has 1 fully saturated rings. The zero-order valence-corrected chi connectivity index (χ0v) is 17.9. The Labute approximate surface area is 188 Å². The molecule has 1 aliphatic rings. The lowest BCUT2D eigenvalue weighted by Gasteiger charge is -2.34. The van der Waals surface area contributed by atoms with Gasteiger partial charge in [0.1, 0.15) is 16.4 Å². The van der Waals surface area contributed by atoms with Crippen LogP contribution in [-0.2, 0) is 0 Å². The maximum Gasteiger partial charge on any atom is 0.274 e. The molecule has 0 bridgehead atoms. The van der Waals surface area contributed by atoms with E-state index in [0.29, 0.717) is 37.6 Å². The lowest BCUT2D eigenvalue weighted by Crippen LogP contribution is -2.50. The number of aromatic nitrogens is 5. The molecule has 9 nitrogen and oxygen atoms in total. The monoisotopic (exact) mass is 445 g/mol. The van der Waals surface area contributed by atoms with Crippen LogP contribution in [0.5, 0.6) is 0 Å². The van der Waals surface area contributed by atoms with Crippen molar-refractivity contribution >= 4 is 23.2 Å². The van der Waals surface area contributed by atoms with Gasteiger partial charge in [-0.3, -0.25) is 14.6 Å². The van der Waals surface area contributed by atoms with Crippen molar-refractivity contribution in [1.29, 1.82) is 0 Å². The van der Waals surface area contributed by atoms with Gasteiger partial charge in [-0.25, -0.2) is 14.6 Å². The van der Waals surface area contributed by atoms with E-state index < -0.39 is 0 Å². The minimum atomic E-state index is -0.170. The van der Waals surface area contributed by atoms with E-state index in [2.05, 4.69) is 20.1 Å². The highest BCUT2D eigenvalue weighted by molar-refractivity contribution is 7.13. The molecule has 0 saturated carbocycles. The van der Waals surface area contributed by atoms with Crippen LogP contribution in [0.15, 0.2) is 66.7 Å². The second-order valence-corrected chi connectivity index (χ2v) is 8.08. The van der Waals surface area contributed by atoms with Crippen molar-refractivity contribution in [3.05, 3.63) is 78.1 Å². The second-order valence-electron chi connectivity index (χ2n) is 7.22. The molecule has 4 aromatic rings. The fourth-order valence-electron chi connectivity index (χ4n) is 3.51. The van der Waals surface area contributed by atoms with Gasteiger partial charge in [0.05, 0.1) is 18.1 Å². The molecule has 2 amide bonds. The van der Waals surface area contributed by atoms with E-state index >= 15 is 0 Å². The first kappa shape index (κ1) is 20.0. The number of para-hydroxylation sites is 1. The summed E-state index contributed by atoms with van der Waals surface area (Å²) in [6.45, 7) is 1.79. The number of hydrogen-bond donors (Lipinski definition) is 0. The molecular weight excluding hydrogens is 426 g/mol. The number of nitrogens with zero attached hydrogens (tertiary/aromatic N) is 7. The fourth-order valence-corrected chi connectivity index (χ4v) is 4.28. The van der Waals surface area contributed by atoms with Crippen molar-refractivity contribution in [2.45, 2.75) is 0 Å². The van der Waals surface area contributed by atoms with Crippen LogP contribution in [0.25, 0.3) is 16.3 Å². The Morgan fingerprint density at radius 3 is 2.28 bits per heavy atom. The number of carbonyl (C=O) groups is 2. The molecular formula is C22H19N7O2S. The Morgan fingerprint density at radius 2 is 1.59 bits per heavy atom. The molecule has 0 unspecified atom stereocenters. The third-order valence-corrected chi connectivity index (χ3v) is 6.10. The van der Waals surface area contributed by atoms with Gasteiger partial charge in [0, 0.05) is 55.7 Å². The fraction of sp³-hybridized carbons (Fsp3) is 0.182. The van der Waals surface area contributed by atoms with Gasteiger partial charge in [-0.05, 0) is 12.1 Å². The molecule has 1 saturated heterocycles. The zero-order chi connectivity index (χ0) is 21.9. The Hall–Kier alpha value is -3.92. The molecule has 5 rings (SSSR count). The predicted molar refractivity (Wildman–Crippen MR) is 119 cm³/mol. The van der Waals surface area contributed by atoms with Crippen LogP contribution in [-0.4, -0.2) is 72.5 Å². The first-order valence-corrected chi connectivity index (χ1v) is 11.0. The van der Waals surface area contributed by atoms with Gasteiger partial charge in [-0.15, -0.1) is 11.3 Å². The van der Waals surface area contributed by atoms with Crippen molar-refractivity contribution in [1.82, 2.24) is 34.5 Å². The van der Waals surface area contributed by atoms with E-state index in [-0.39, 0.29) is 11.8 Å². The van der Waals surface area contributed by atoms with E-state index in [1.807, 2.05) is 36.5 Å². The molecule has 10 heteroatoms. The molecule has 160 valence electrons. The largest absolute Gasteiger partial charge is 0.334 e. The zero-order valence-electron chi connectivity index (χ0n) is 17.0. The molecule has 32 heavy (non-hydrogen) atoms. The average Bonchev–Trinajstić information content (AvgIpc) is 3.55. The van der Waals surface area contributed by atoms with E-state index in [1.165, 1.54) is 29.9 Å². The van der Waals surface area contributed by atoms with Crippen LogP contribution in [0, 0.1) is 0 Å². The van der Waals surface area contributed by atoms with Gasteiger partial charge >= 0.3 is 0 Å². The van der Waals surface area contributed by atoms with E-state index in [4.69, 9.17) is 0 Å². The minimum absolute atomic E-state index is 0.130. The Bertz CT molecular complexity index is 1230. The molecule has 4 heterocycles. The standard InChI is InChI=1S/C22H19N7O2S/c30-21(18-13-23-6-7-24-18)27-8-10-28(11-9-27)22(31)19-15-32-20(26-19)16-12-25-29(14-16)17-4-2-1-3-5-17/h1-7,12-15H,8-11H2. The molecule has 1 aliphatic heterocycles. The first-order chi connectivity index (χ1) is 15.7. The quantitative estimate of drug-likeness (QED) is 0.479. The maximum atomic E-state index is 12.9. The molecule has 0 spiro atoms. The van der Waals surface area contributed by atoms with Crippen LogP contribution in [0.2, 0.25) is 0 Å². The summed E-state index contributed by atoms with van der Waals surface area (Å²) in [5.74, 6) is -0.300. The topological polar surface area (TPSA) is 97.1 Å². The Balaban J connectivity index is 1.23. The molecule has 1 aromatic carbocycles. The number of hydrogen-bond acceptors (Lipinski definition) is 7. The number of thiazole rings is 1. The number of piperazine rings is 1. The van der Waals surface area contributed by atoms with E-state index in [1.54, 1.807) is 26.1 Å². The summed E-state index contributed by atoms with van der Waals surface area (Å²) in [7, 11) is 0. The Kier molecular flexibility index (Phi) is 5.42. The lowest BCUT2D eigenvalue weighted by atomic mass is 10.2. The van der Waals surface area contributed by atoms with Crippen molar-refractivity contribution in [2.24, 2.45) is 0 Å². The smallest absolute Gasteiger partial charge is 0.274 e. The van der Waals surface area contributed by atoms with E-state index in [9.17, 15) is 9.59 Å². The number of rotatable bonds is 4. The third kappa shape index (κ3) is 4.00. The SMILES string of the molecule is O=C(c1cnccn1)N1CCN(C(=O)c2csc(-c3cnn(-c4ccccc4)c3)n2)CC1. The van der Waals surface area contributed by atoms with Gasteiger partial charge in [0.2, 0.25) is 0 Å². The molecule has 0 N–H and O–H groups in total. The molecule has 3 aromatic heterocycles. The maximum absolute atomic E-state index is 12.9. The van der Waals surface area contributed by atoms with Gasteiger partial charge in [-0.1, -0.05) is 18.2 Å². The average molecular weight is 446 g/mol. The summed E-state index contributed by atoms with van der Waals surface area (Å²) in [5, 5.41) is 6.91. The van der Waals surface area contributed by atoms with Crippen LogP contribution in [0.3, 0.4) is 0 Å². The van der Waals surface area contributed by atoms with Crippen molar-refractivity contribution in [3.63, 3.8) is 0 Å². The predicted octanol–water partition coefficient (Wildman–Crippen LogP) is 2.38. The highest BCUT2D eigenvalue weighted by Crippen LogP contribution is 2.25. The van der Waals surface area contributed by atoms with Crippen LogP contribution < -0.4 is 0 Å². The van der Waals surface area contributed by atoms with Crippen molar-refractivity contribution in [2.75, 3.05) is 26.2 Å².